The average Bonchev–Trinajstić information content (AvgIpc) is 3.89. The largest absolute Gasteiger partial charge is 0.309 e. The maximum Gasteiger partial charge on any atom is 0.221 e. The molecule has 0 N–H and O–H groups in total. The lowest BCUT2D eigenvalue weighted by Crippen LogP contribution is -2.06. The zero-order chi connectivity index (χ0) is 34.6. The summed E-state index contributed by atoms with van der Waals surface area (Å²) in [6, 6.07) is 63.0. The van der Waals surface area contributed by atoms with Gasteiger partial charge in [-0.15, -0.1) is 0 Å². The van der Waals surface area contributed by atoms with Gasteiger partial charge in [0.25, 0.3) is 0 Å². The molecule has 4 heterocycles. The normalized spacial score (nSPS) is 12.2. The van der Waals surface area contributed by atoms with Crippen LogP contribution in [0.25, 0.3) is 105 Å². The second-order valence-electron chi connectivity index (χ2n) is 13.9. The van der Waals surface area contributed by atoms with E-state index in [0.29, 0.717) is 0 Å². The van der Waals surface area contributed by atoms with Crippen molar-refractivity contribution in [2.75, 3.05) is 0 Å². The number of fused-ring (bicyclic) bond motifs is 13. The monoisotopic (exact) mass is 675 g/mol. The molecule has 53 heavy (non-hydrogen) atoms. The zero-order valence-electron chi connectivity index (χ0n) is 28.5. The van der Waals surface area contributed by atoms with E-state index < -0.39 is 0 Å². The molecule has 0 saturated carbocycles. The Morgan fingerprint density at radius 2 is 0.962 bits per heavy atom. The summed E-state index contributed by atoms with van der Waals surface area (Å²) >= 11 is 0. The third kappa shape index (κ3) is 3.96. The predicted octanol–water partition coefficient (Wildman–Crippen LogP) is 12.1. The van der Waals surface area contributed by atoms with E-state index in [9.17, 15) is 0 Å². The third-order valence-electron chi connectivity index (χ3n) is 11.0. The molecule has 0 aliphatic heterocycles. The maximum absolute atomic E-state index is 5.33. The van der Waals surface area contributed by atoms with E-state index in [1.165, 1.54) is 54.5 Å². The van der Waals surface area contributed by atoms with E-state index in [1.807, 2.05) is 12.1 Å². The van der Waals surface area contributed by atoms with Gasteiger partial charge in [0.05, 0.1) is 38.6 Å². The van der Waals surface area contributed by atoms with Crippen molar-refractivity contribution < 1.29 is 0 Å². The van der Waals surface area contributed by atoms with E-state index in [4.69, 9.17) is 9.97 Å². The van der Waals surface area contributed by atoms with Crippen LogP contribution in [0.1, 0.15) is 0 Å². The molecule has 246 valence electrons. The Kier molecular flexibility index (Phi) is 5.71. The highest BCUT2D eigenvalue weighted by Gasteiger charge is 2.20. The highest BCUT2D eigenvalue weighted by Crippen LogP contribution is 2.39. The van der Waals surface area contributed by atoms with Gasteiger partial charge in [0.1, 0.15) is 5.65 Å². The van der Waals surface area contributed by atoms with Crippen molar-refractivity contribution in [1.29, 1.82) is 0 Å². The summed E-state index contributed by atoms with van der Waals surface area (Å²) in [5, 5.41) is 8.44. The molecule has 0 fully saturated rings. The summed E-state index contributed by atoms with van der Waals surface area (Å²) in [4.78, 5) is 10.4. The molecule has 5 nitrogen and oxygen atoms in total. The zero-order valence-corrected chi connectivity index (χ0v) is 28.5. The Labute approximate surface area is 303 Å². The Hall–Kier alpha value is -7.24. The summed E-state index contributed by atoms with van der Waals surface area (Å²) < 4.78 is 6.94. The number of benzene rings is 8. The number of para-hydroxylation sites is 5. The van der Waals surface area contributed by atoms with E-state index in [-0.39, 0.29) is 0 Å². The van der Waals surface area contributed by atoms with Gasteiger partial charge in [-0.3, -0.25) is 8.97 Å². The Morgan fingerprint density at radius 1 is 0.358 bits per heavy atom. The lowest BCUT2D eigenvalue weighted by molar-refractivity contribution is 0.979. The number of nitrogens with zero attached hydrogens (tertiary/aromatic N) is 5. The molecule has 8 aromatic carbocycles. The fourth-order valence-corrected chi connectivity index (χ4v) is 8.65. The van der Waals surface area contributed by atoms with Gasteiger partial charge in [0, 0.05) is 38.0 Å². The van der Waals surface area contributed by atoms with E-state index in [2.05, 4.69) is 177 Å². The first-order valence-corrected chi connectivity index (χ1v) is 18.0. The van der Waals surface area contributed by atoms with Crippen LogP contribution in [0, 0.1) is 0 Å². The Balaban J connectivity index is 1.05. The highest BCUT2D eigenvalue weighted by molar-refractivity contribution is 6.18. The van der Waals surface area contributed by atoms with Gasteiger partial charge in [-0.25, -0.2) is 9.97 Å². The van der Waals surface area contributed by atoms with Crippen LogP contribution < -0.4 is 0 Å². The lowest BCUT2D eigenvalue weighted by Gasteiger charge is -2.13. The molecule has 0 spiro atoms. The topological polar surface area (TPSA) is 40.0 Å². The second-order valence-corrected chi connectivity index (χ2v) is 13.9. The summed E-state index contributed by atoms with van der Waals surface area (Å²) in [7, 11) is 0. The van der Waals surface area contributed by atoms with Gasteiger partial charge in [0.2, 0.25) is 5.95 Å². The molecular formula is C48H29N5. The van der Waals surface area contributed by atoms with Gasteiger partial charge in [-0.05, 0) is 77.2 Å². The van der Waals surface area contributed by atoms with Crippen molar-refractivity contribution >= 4 is 82.0 Å². The number of hydrogen-bond acceptors (Lipinski definition) is 2. The quantitative estimate of drug-likeness (QED) is 0.187. The standard InChI is InChI=1S/C48H29N5/c1-2-12-34-31(11-1)23-27-37-35-13-4-8-18-42(35)51(46(34)37)33-25-21-30(22-26-33)32-24-28-44-39(29-32)36-14-5-9-19-43(36)52(44)48-50-40-16-6-3-15-38(40)47-49-41-17-7-10-20-45(41)53(47)48/h1-29H. The van der Waals surface area contributed by atoms with Crippen molar-refractivity contribution in [3.05, 3.63) is 176 Å². The fraction of sp³-hybridized carbons (Fsp3) is 0. The van der Waals surface area contributed by atoms with Gasteiger partial charge in [0.15, 0.2) is 0 Å². The summed E-state index contributed by atoms with van der Waals surface area (Å²) in [6.07, 6.45) is 0. The molecule has 0 amide bonds. The van der Waals surface area contributed by atoms with Gasteiger partial charge in [-0.1, -0.05) is 115 Å². The van der Waals surface area contributed by atoms with Crippen molar-refractivity contribution in [3.8, 4) is 22.8 Å². The minimum atomic E-state index is 0.828. The van der Waals surface area contributed by atoms with Crippen LogP contribution in [0.3, 0.4) is 0 Å². The van der Waals surface area contributed by atoms with Crippen molar-refractivity contribution in [1.82, 2.24) is 23.5 Å². The fourth-order valence-electron chi connectivity index (χ4n) is 8.65. The molecule has 4 aromatic heterocycles. The molecular weight excluding hydrogens is 647 g/mol. The molecule has 5 heteroatoms. The van der Waals surface area contributed by atoms with Crippen LogP contribution in [0.2, 0.25) is 0 Å². The van der Waals surface area contributed by atoms with Crippen LogP contribution in [0.4, 0.5) is 0 Å². The SMILES string of the molecule is c1ccc2c(c1)ccc1c3ccccc3n(-c3ccc(-c4ccc5c(c4)c4ccccc4n5-c4nc5ccccc5c5nc6ccccc6n45)cc3)c21. The number of rotatable bonds is 3. The summed E-state index contributed by atoms with van der Waals surface area (Å²) in [6.45, 7) is 0. The van der Waals surface area contributed by atoms with Crippen LogP contribution in [0.15, 0.2) is 176 Å². The minimum absolute atomic E-state index is 0.828. The molecule has 0 unspecified atom stereocenters. The minimum Gasteiger partial charge on any atom is -0.309 e. The van der Waals surface area contributed by atoms with E-state index >= 15 is 0 Å². The van der Waals surface area contributed by atoms with Crippen molar-refractivity contribution in [2.24, 2.45) is 0 Å². The Morgan fingerprint density at radius 3 is 1.77 bits per heavy atom. The first-order chi connectivity index (χ1) is 26.3. The second kappa shape index (κ2) is 10.6. The van der Waals surface area contributed by atoms with Crippen LogP contribution in [-0.2, 0) is 0 Å². The smallest absolute Gasteiger partial charge is 0.221 e. The summed E-state index contributed by atoms with van der Waals surface area (Å²) in [5.74, 6) is 0.828. The van der Waals surface area contributed by atoms with Gasteiger partial charge in [-0.2, -0.15) is 0 Å². The predicted molar refractivity (Wildman–Crippen MR) is 220 cm³/mol. The molecule has 0 saturated heterocycles. The molecule has 12 rings (SSSR count). The van der Waals surface area contributed by atoms with Gasteiger partial charge < -0.3 is 4.57 Å². The Bertz CT molecular complexity index is 3450. The highest BCUT2D eigenvalue weighted by atomic mass is 15.2. The van der Waals surface area contributed by atoms with Crippen LogP contribution >= 0.6 is 0 Å². The summed E-state index contributed by atoms with van der Waals surface area (Å²) in [5.41, 5.74) is 12.0. The first-order valence-electron chi connectivity index (χ1n) is 18.0. The van der Waals surface area contributed by atoms with Crippen molar-refractivity contribution in [2.45, 2.75) is 0 Å². The molecule has 0 radical (unpaired) electrons. The molecule has 0 atom stereocenters. The van der Waals surface area contributed by atoms with E-state index in [0.717, 1.165) is 50.3 Å². The molecule has 0 aliphatic rings. The number of hydrogen-bond donors (Lipinski definition) is 0. The van der Waals surface area contributed by atoms with E-state index in [1.54, 1.807) is 0 Å². The first kappa shape index (κ1) is 28.5. The molecule has 0 aliphatic carbocycles. The molecule has 12 aromatic rings. The lowest BCUT2D eigenvalue weighted by atomic mass is 10.0. The molecule has 0 bridgehead atoms. The average molecular weight is 676 g/mol. The van der Waals surface area contributed by atoms with Crippen LogP contribution in [0.5, 0.6) is 0 Å². The third-order valence-corrected chi connectivity index (χ3v) is 11.0. The van der Waals surface area contributed by atoms with Gasteiger partial charge >= 0.3 is 0 Å². The number of aromatic nitrogens is 5. The maximum atomic E-state index is 5.33. The van der Waals surface area contributed by atoms with Crippen molar-refractivity contribution in [3.63, 3.8) is 0 Å². The number of imidazole rings is 1. The van der Waals surface area contributed by atoms with Crippen LogP contribution in [-0.4, -0.2) is 23.5 Å².